The molecule has 0 spiro atoms. The number of benzene rings is 1. The molecule has 0 amide bonds. The van der Waals surface area contributed by atoms with Crippen LogP contribution in [0, 0.1) is 0 Å². The largest absolute Gasteiger partial charge is 0.476 e. The highest BCUT2D eigenvalue weighted by molar-refractivity contribution is 6.02. The van der Waals surface area contributed by atoms with Crippen LogP contribution in [-0.4, -0.2) is 40.0 Å². The first kappa shape index (κ1) is 13.8. The highest BCUT2D eigenvalue weighted by Crippen LogP contribution is 2.31. The molecule has 1 aliphatic rings. The third-order valence-electron chi connectivity index (χ3n) is 3.72. The number of fused-ring (bicyclic) bond motifs is 1. The van der Waals surface area contributed by atoms with Gasteiger partial charge in [0.2, 0.25) is 0 Å². The Bertz CT molecular complexity index is 668. The molecule has 0 aliphatic heterocycles. The van der Waals surface area contributed by atoms with Gasteiger partial charge in [-0.05, 0) is 25.8 Å². The number of carboxylic acids is 1. The lowest BCUT2D eigenvalue weighted by molar-refractivity contribution is 0.00300. The lowest BCUT2D eigenvalue weighted by atomic mass is 9.88. The molecule has 1 saturated carbocycles. The summed E-state index contributed by atoms with van der Waals surface area (Å²) in [6.45, 7) is 2.68. The lowest BCUT2D eigenvalue weighted by Gasteiger charge is -2.36. The maximum atomic E-state index is 11.4. The van der Waals surface area contributed by atoms with Crippen molar-refractivity contribution < 1.29 is 14.6 Å². The lowest BCUT2D eigenvalue weighted by Crippen LogP contribution is -2.41. The molecule has 0 atom stereocenters. The highest BCUT2D eigenvalue weighted by Gasteiger charge is 2.31. The molecule has 1 fully saturated rings. The molecule has 1 aliphatic carbocycles. The summed E-state index contributed by atoms with van der Waals surface area (Å²) in [4.78, 5) is 11.4. The van der Waals surface area contributed by atoms with Gasteiger partial charge in [0.25, 0.3) is 0 Å². The summed E-state index contributed by atoms with van der Waals surface area (Å²) in [6.07, 6.45) is 2.02. The Labute approximate surface area is 122 Å². The van der Waals surface area contributed by atoms with Gasteiger partial charge in [-0.15, -0.1) is 10.2 Å². The van der Waals surface area contributed by atoms with Gasteiger partial charge < -0.3 is 15.2 Å². The maximum absolute atomic E-state index is 11.4. The molecule has 3 rings (SSSR count). The van der Waals surface area contributed by atoms with Gasteiger partial charge in [-0.3, -0.25) is 0 Å². The fraction of sp³-hybridized carbons (Fsp3) is 0.400. The van der Waals surface area contributed by atoms with E-state index in [1.54, 1.807) is 0 Å². The van der Waals surface area contributed by atoms with Crippen molar-refractivity contribution >= 4 is 22.6 Å². The Balaban J connectivity index is 1.89. The molecule has 0 bridgehead atoms. The van der Waals surface area contributed by atoms with Gasteiger partial charge >= 0.3 is 5.97 Å². The second-order valence-electron chi connectivity index (χ2n) is 5.14. The van der Waals surface area contributed by atoms with Crippen molar-refractivity contribution in [1.82, 2.24) is 10.2 Å². The van der Waals surface area contributed by atoms with Gasteiger partial charge in [0.1, 0.15) is 0 Å². The van der Waals surface area contributed by atoms with E-state index in [2.05, 4.69) is 15.5 Å². The number of carbonyl (C=O) groups is 1. The van der Waals surface area contributed by atoms with Crippen LogP contribution in [0.1, 0.15) is 30.3 Å². The van der Waals surface area contributed by atoms with E-state index in [1.807, 2.05) is 31.2 Å². The van der Waals surface area contributed by atoms with E-state index in [9.17, 15) is 9.90 Å². The van der Waals surface area contributed by atoms with Crippen molar-refractivity contribution in [3.05, 3.63) is 30.0 Å². The van der Waals surface area contributed by atoms with Crippen LogP contribution < -0.4 is 5.32 Å². The van der Waals surface area contributed by atoms with Crippen LogP contribution in [0.2, 0.25) is 0 Å². The van der Waals surface area contributed by atoms with E-state index >= 15 is 0 Å². The standard InChI is InChI=1S/C15H17N3O3/c1-2-21-10-7-9(8-10)16-13-11-5-3-4-6-12(11)17-18-14(13)15(19)20/h3-6,9-10H,2,7-8H2,1H3,(H,16,17)(H,19,20). The number of rotatable bonds is 5. The third kappa shape index (κ3) is 2.67. The molecule has 0 radical (unpaired) electrons. The predicted molar refractivity (Wildman–Crippen MR) is 78.6 cm³/mol. The van der Waals surface area contributed by atoms with Crippen LogP contribution in [0.25, 0.3) is 10.9 Å². The Morgan fingerprint density at radius 1 is 1.38 bits per heavy atom. The van der Waals surface area contributed by atoms with E-state index < -0.39 is 5.97 Å². The summed E-state index contributed by atoms with van der Waals surface area (Å²) in [5.74, 6) is -1.07. The smallest absolute Gasteiger partial charge is 0.358 e. The maximum Gasteiger partial charge on any atom is 0.358 e. The Morgan fingerprint density at radius 3 is 2.86 bits per heavy atom. The van der Waals surface area contributed by atoms with Gasteiger partial charge in [-0.2, -0.15) is 0 Å². The minimum atomic E-state index is -1.07. The first-order valence-electron chi connectivity index (χ1n) is 7.06. The van der Waals surface area contributed by atoms with Crippen LogP contribution in [-0.2, 0) is 4.74 Å². The van der Waals surface area contributed by atoms with Gasteiger partial charge in [-0.1, -0.05) is 18.2 Å². The number of aromatic carboxylic acids is 1. The van der Waals surface area contributed by atoms with Crippen molar-refractivity contribution in [2.45, 2.75) is 31.9 Å². The minimum absolute atomic E-state index is 0.0337. The fourth-order valence-corrected chi connectivity index (χ4v) is 2.61. The normalized spacial score (nSPS) is 21.0. The molecular formula is C15H17N3O3. The van der Waals surface area contributed by atoms with Crippen molar-refractivity contribution in [3.63, 3.8) is 0 Å². The quantitative estimate of drug-likeness (QED) is 0.878. The second kappa shape index (κ2) is 5.65. The van der Waals surface area contributed by atoms with Gasteiger partial charge in [-0.25, -0.2) is 4.79 Å². The van der Waals surface area contributed by atoms with E-state index in [1.165, 1.54) is 0 Å². The summed E-state index contributed by atoms with van der Waals surface area (Å²) >= 11 is 0. The average Bonchev–Trinajstić information content (AvgIpc) is 2.44. The van der Waals surface area contributed by atoms with Crippen molar-refractivity contribution in [2.24, 2.45) is 0 Å². The number of aromatic nitrogens is 2. The summed E-state index contributed by atoms with van der Waals surface area (Å²) in [6, 6.07) is 7.62. The van der Waals surface area contributed by atoms with E-state index in [-0.39, 0.29) is 17.8 Å². The number of hydrogen-bond donors (Lipinski definition) is 2. The first-order chi connectivity index (χ1) is 10.2. The molecule has 1 aromatic carbocycles. The number of anilines is 1. The molecule has 0 saturated heterocycles. The number of nitrogens with one attached hydrogen (secondary N) is 1. The SMILES string of the molecule is CCOC1CC(Nc2c(C(=O)O)nnc3ccccc23)C1. The highest BCUT2D eigenvalue weighted by atomic mass is 16.5. The van der Waals surface area contributed by atoms with Crippen molar-refractivity contribution in [2.75, 3.05) is 11.9 Å². The van der Waals surface area contributed by atoms with Crippen LogP contribution >= 0.6 is 0 Å². The Hall–Kier alpha value is -2.21. The van der Waals surface area contributed by atoms with Crippen LogP contribution in [0.4, 0.5) is 5.69 Å². The summed E-state index contributed by atoms with van der Waals surface area (Å²) in [7, 11) is 0. The molecule has 110 valence electrons. The second-order valence-corrected chi connectivity index (χ2v) is 5.14. The molecular weight excluding hydrogens is 270 g/mol. The fourth-order valence-electron chi connectivity index (χ4n) is 2.61. The third-order valence-corrected chi connectivity index (χ3v) is 3.72. The van der Waals surface area contributed by atoms with E-state index in [0.29, 0.717) is 17.8 Å². The Morgan fingerprint density at radius 2 is 2.14 bits per heavy atom. The van der Waals surface area contributed by atoms with Gasteiger partial charge in [0, 0.05) is 18.0 Å². The number of hydrogen-bond acceptors (Lipinski definition) is 5. The average molecular weight is 287 g/mol. The first-order valence-corrected chi connectivity index (χ1v) is 7.06. The van der Waals surface area contributed by atoms with E-state index in [4.69, 9.17) is 4.74 Å². The number of nitrogens with zero attached hydrogens (tertiary/aromatic N) is 2. The molecule has 1 aromatic heterocycles. The zero-order chi connectivity index (χ0) is 14.8. The summed E-state index contributed by atoms with van der Waals surface area (Å²) in [5, 5.41) is 21.2. The topological polar surface area (TPSA) is 84.3 Å². The van der Waals surface area contributed by atoms with Crippen molar-refractivity contribution in [1.29, 1.82) is 0 Å². The van der Waals surface area contributed by atoms with Crippen molar-refractivity contribution in [3.8, 4) is 0 Å². The molecule has 2 N–H and O–H groups in total. The van der Waals surface area contributed by atoms with Crippen LogP contribution in [0.5, 0.6) is 0 Å². The molecule has 21 heavy (non-hydrogen) atoms. The predicted octanol–water partition coefficient (Wildman–Crippen LogP) is 2.31. The van der Waals surface area contributed by atoms with Gasteiger partial charge in [0.15, 0.2) is 5.69 Å². The monoisotopic (exact) mass is 287 g/mol. The number of ether oxygens (including phenoxy) is 1. The van der Waals surface area contributed by atoms with Crippen LogP contribution in [0.3, 0.4) is 0 Å². The van der Waals surface area contributed by atoms with Crippen LogP contribution in [0.15, 0.2) is 24.3 Å². The molecule has 0 unspecified atom stereocenters. The minimum Gasteiger partial charge on any atom is -0.476 e. The molecule has 1 heterocycles. The summed E-state index contributed by atoms with van der Waals surface area (Å²) in [5.41, 5.74) is 1.20. The molecule has 2 aromatic rings. The zero-order valence-electron chi connectivity index (χ0n) is 11.7. The zero-order valence-corrected chi connectivity index (χ0v) is 11.7. The summed E-state index contributed by atoms with van der Waals surface area (Å²) < 4.78 is 5.53. The van der Waals surface area contributed by atoms with Gasteiger partial charge in [0.05, 0.1) is 17.3 Å². The number of carboxylic acid groups (broad SMARTS) is 1. The molecule has 6 nitrogen and oxygen atoms in total. The molecule has 6 heteroatoms. The Kier molecular flexibility index (Phi) is 3.70. The van der Waals surface area contributed by atoms with E-state index in [0.717, 1.165) is 18.2 Å².